The number of amides is 1. The number of primary amides is 1. The van der Waals surface area contributed by atoms with Crippen LogP contribution in [0.1, 0.15) is 24.2 Å². The summed E-state index contributed by atoms with van der Waals surface area (Å²) in [5.41, 5.74) is 5.09. The van der Waals surface area contributed by atoms with E-state index in [2.05, 4.69) is 0 Å². The minimum absolute atomic E-state index is 0.105. The highest BCUT2D eigenvalue weighted by Crippen LogP contribution is 2.19. The van der Waals surface area contributed by atoms with E-state index in [9.17, 15) is 9.59 Å². The molecule has 0 heterocycles. The number of carbonyl (C=O) groups is 2. The largest absolute Gasteiger partial charge is 0.462 e. The highest BCUT2D eigenvalue weighted by Gasteiger charge is 2.15. The highest BCUT2D eigenvalue weighted by molar-refractivity contribution is 5.93. The summed E-state index contributed by atoms with van der Waals surface area (Å²) in [6, 6.07) is 6.29. The fraction of sp³-hybridized carbons (Fsp3) is 0.333. The van der Waals surface area contributed by atoms with E-state index in [1.807, 2.05) is 13.8 Å². The molecule has 1 aromatic carbocycles. The molecule has 5 heteroatoms. The Morgan fingerprint density at radius 3 is 2.53 bits per heavy atom. The van der Waals surface area contributed by atoms with Crippen molar-refractivity contribution < 1.29 is 19.1 Å². The van der Waals surface area contributed by atoms with Crippen LogP contribution in [0.5, 0.6) is 5.75 Å². The van der Waals surface area contributed by atoms with Gasteiger partial charge in [-0.25, -0.2) is 9.59 Å². The van der Waals surface area contributed by atoms with Crippen LogP contribution in [-0.2, 0) is 4.74 Å². The molecule has 1 amide bonds. The SMILES string of the molecule is CC(C)COC(=O)c1ccccc1OC(N)=O. The van der Waals surface area contributed by atoms with Crippen molar-refractivity contribution in [1.82, 2.24) is 0 Å². The monoisotopic (exact) mass is 237 g/mol. The topological polar surface area (TPSA) is 78.6 Å². The molecule has 0 radical (unpaired) electrons. The number of nitrogens with two attached hydrogens (primary N) is 1. The van der Waals surface area contributed by atoms with Crippen molar-refractivity contribution in [2.24, 2.45) is 11.7 Å². The van der Waals surface area contributed by atoms with Crippen molar-refractivity contribution >= 4 is 12.1 Å². The highest BCUT2D eigenvalue weighted by atomic mass is 16.6. The smallest absolute Gasteiger partial charge is 0.409 e. The normalized spacial score (nSPS) is 10.1. The third kappa shape index (κ3) is 4.14. The Morgan fingerprint density at radius 1 is 1.29 bits per heavy atom. The maximum Gasteiger partial charge on any atom is 0.409 e. The summed E-state index contributed by atoms with van der Waals surface area (Å²) < 4.78 is 9.75. The Morgan fingerprint density at radius 2 is 1.94 bits per heavy atom. The Balaban J connectivity index is 2.81. The number of carbonyl (C=O) groups excluding carboxylic acids is 2. The predicted molar refractivity (Wildman–Crippen MR) is 61.8 cm³/mol. The summed E-state index contributed by atoms with van der Waals surface area (Å²) in [6.45, 7) is 4.17. The third-order valence-corrected chi connectivity index (χ3v) is 1.87. The number of benzene rings is 1. The van der Waals surface area contributed by atoms with Gasteiger partial charge in [0.1, 0.15) is 11.3 Å². The van der Waals surface area contributed by atoms with E-state index in [-0.39, 0.29) is 17.2 Å². The summed E-state index contributed by atoms with van der Waals surface area (Å²) >= 11 is 0. The molecule has 0 saturated carbocycles. The van der Waals surface area contributed by atoms with Crippen LogP contribution in [0.3, 0.4) is 0 Å². The molecular weight excluding hydrogens is 222 g/mol. The number of para-hydroxylation sites is 1. The van der Waals surface area contributed by atoms with E-state index in [4.69, 9.17) is 15.2 Å². The van der Waals surface area contributed by atoms with Crippen LogP contribution >= 0.6 is 0 Å². The molecule has 0 fully saturated rings. The number of hydrogen-bond acceptors (Lipinski definition) is 4. The molecule has 0 saturated heterocycles. The Bertz CT molecular complexity index is 415. The van der Waals surface area contributed by atoms with Gasteiger partial charge in [-0.2, -0.15) is 0 Å². The first-order valence-electron chi connectivity index (χ1n) is 5.24. The first-order chi connectivity index (χ1) is 8.00. The van der Waals surface area contributed by atoms with Gasteiger partial charge in [-0.3, -0.25) is 0 Å². The van der Waals surface area contributed by atoms with Crippen LogP contribution in [-0.4, -0.2) is 18.7 Å². The standard InChI is InChI=1S/C12H15NO4/c1-8(2)7-16-11(14)9-5-3-4-6-10(9)17-12(13)15/h3-6,8H,7H2,1-2H3,(H2,13,15). The molecule has 0 aliphatic carbocycles. The molecule has 0 atom stereocenters. The van der Waals surface area contributed by atoms with Crippen molar-refractivity contribution in [1.29, 1.82) is 0 Å². The van der Waals surface area contributed by atoms with Gasteiger partial charge in [0.25, 0.3) is 0 Å². The minimum atomic E-state index is -0.964. The van der Waals surface area contributed by atoms with Crippen molar-refractivity contribution in [2.75, 3.05) is 6.61 Å². The summed E-state index contributed by atoms with van der Waals surface area (Å²) in [6.07, 6.45) is -0.964. The zero-order valence-electron chi connectivity index (χ0n) is 9.80. The Hall–Kier alpha value is -2.04. The van der Waals surface area contributed by atoms with E-state index >= 15 is 0 Å². The molecule has 0 bridgehead atoms. The van der Waals surface area contributed by atoms with E-state index in [1.54, 1.807) is 12.1 Å². The summed E-state index contributed by atoms with van der Waals surface area (Å²) in [7, 11) is 0. The van der Waals surface area contributed by atoms with E-state index in [0.29, 0.717) is 6.61 Å². The van der Waals surface area contributed by atoms with Crippen LogP contribution in [0.4, 0.5) is 4.79 Å². The molecule has 1 rings (SSSR count). The molecule has 17 heavy (non-hydrogen) atoms. The molecule has 5 nitrogen and oxygen atoms in total. The van der Waals surface area contributed by atoms with Gasteiger partial charge in [0, 0.05) is 0 Å². The molecule has 0 aromatic heterocycles. The maximum atomic E-state index is 11.7. The third-order valence-electron chi connectivity index (χ3n) is 1.87. The van der Waals surface area contributed by atoms with Gasteiger partial charge in [-0.1, -0.05) is 26.0 Å². The number of hydrogen-bond donors (Lipinski definition) is 1. The summed E-state index contributed by atoms with van der Waals surface area (Å²) in [5.74, 6) is -0.188. The Kier molecular flexibility index (Phi) is 4.51. The predicted octanol–water partition coefficient (Wildman–Crippen LogP) is 1.96. The molecule has 0 aliphatic rings. The first-order valence-corrected chi connectivity index (χ1v) is 5.24. The van der Waals surface area contributed by atoms with E-state index in [1.165, 1.54) is 12.1 Å². The number of rotatable bonds is 4. The molecule has 1 aromatic rings. The summed E-state index contributed by atoms with van der Waals surface area (Å²) in [5, 5.41) is 0. The van der Waals surface area contributed by atoms with Crippen molar-refractivity contribution in [3.8, 4) is 5.75 Å². The van der Waals surface area contributed by atoms with Crippen molar-refractivity contribution in [2.45, 2.75) is 13.8 Å². The van der Waals surface area contributed by atoms with E-state index in [0.717, 1.165) is 0 Å². The van der Waals surface area contributed by atoms with Gasteiger partial charge >= 0.3 is 12.1 Å². The minimum Gasteiger partial charge on any atom is -0.462 e. The lowest BCUT2D eigenvalue weighted by molar-refractivity contribution is 0.0456. The van der Waals surface area contributed by atoms with Crippen molar-refractivity contribution in [3.63, 3.8) is 0 Å². The van der Waals surface area contributed by atoms with Gasteiger partial charge < -0.3 is 15.2 Å². The molecule has 0 unspecified atom stereocenters. The van der Waals surface area contributed by atoms with Gasteiger partial charge in [-0.05, 0) is 18.1 Å². The zero-order chi connectivity index (χ0) is 12.8. The fourth-order valence-electron chi connectivity index (χ4n) is 1.15. The van der Waals surface area contributed by atoms with Crippen molar-refractivity contribution in [3.05, 3.63) is 29.8 Å². The lowest BCUT2D eigenvalue weighted by Crippen LogP contribution is -2.19. The average Bonchev–Trinajstić information content (AvgIpc) is 2.25. The lowest BCUT2D eigenvalue weighted by atomic mass is 10.2. The first kappa shape index (κ1) is 13.0. The molecule has 0 spiro atoms. The maximum absolute atomic E-state index is 11.7. The fourth-order valence-corrected chi connectivity index (χ4v) is 1.15. The van der Waals surface area contributed by atoms with E-state index < -0.39 is 12.1 Å². The second-order valence-electron chi connectivity index (χ2n) is 3.91. The molecule has 0 aliphatic heterocycles. The number of esters is 1. The molecule has 92 valence electrons. The van der Waals surface area contributed by atoms with Crippen LogP contribution < -0.4 is 10.5 Å². The van der Waals surface area contributed by atoms with Crippen LogP contribution in [0, 0.1) is 5.92 Å². The quantitative estimate of drug-likeness (QED) is 0.812. The van der Waals surface area contributed by atoms with Gasteiger partial charge in [0.2, 0.25) is 0 Å². The number of ether oxygens (including phenoxy) is 2. The molecule has 2 N–H and O–H groups in total. The van der Waals surface area contributed by atoms with Crippen LogP contribution in [0.2, 0.25) is 0 Å². The zero-order valence-corrected chi connectivity index (χ0v) is 9.80. The second kappa shape index (κ2) is 5.89. The van der Waals surface area contributed by atoms with Gasteiger partial charge in [0.05, 0.1) is 6.61 Å². The second-order valence-corrected chi connectivity index (χ2v) is 3.91. The Labute approximate surface area is 99.5 Å². The molecular formula is C12H15NO4. The summed E-state index contributed by atoms with van der Waals surface area (Å²) in [4.78, 5) is 22.4. The lowest BCUT2D eigenvalue weighted by Gasteiger charge is -2.09. The van der Waals surface area contributed by atoms with Gasteiger partial charge in [-0.15, -0.1) is 0 Å². The average molecular weight is 237 g/mol. The van der Waals surface area contributed by atoms with Crippen LogP contribution in [0.15, 0.2) is 24.3 Å². The van der Waals surface area contributed by atoms with Crippen LogP contribution in [0.25, 0.3) is 0 Å². The van der Waals surface area contributed by atoms with Gasteiger partial charge in [0.15, 0.2) is 0 Å².